The van der Waals surface area contributed by atoms with Crippen LogP contribution in [0.2, 0.25) is 0 Å². The number of ether oxygens (including phenoxy) is 3. The molecule has 3 aromatic rings. The highest BCUT2D eigenvalue weighted by molar-refractivity contribution is 5.84. The van der Waals surface area contributed by atoms with Crippen LogP contribution < -0.4 is 4.74 Å². The van der Waals surface area contributed by atoms with E-state index in [0.717, 1.165) is 11.6 Å². The van der Waals surface area contributed by atoms with Gasteiger partial charge in [-0.25, -0.2) is 4.79 Å². The van der Waals surface area contributed by atoms with Crippen molar-refractivity contribution in [1.29, 1.82) is 0 Å². The first-order valence-electron chi connectivity index (χ1n) is 12.6. The molecule has 0 heterocycles. The molecule has 9 heteroatoms. The van der Waals surface area contributed by atoms with Gasteiger partial charge in [-0.3, -0.25) is 4.79 Å². The van der Waals surface area contributed by atoms with E-state index in [1.54, 1.807) is 56.3 Å². The molecule has 3 aromatic carbocycles. The fourth-order valence-corrected chi connectivity index (χ4v) is 4.39. The number of esters is 1. The molecule has 0 saturated carbocycles. The number of carbonyl (C=O) groups excluding carboxylic acids is 2. The number of nitrogens with zero attached hydrogens (tertiary/aromatic N) is 1. The van der Waals surface area contributed by atoms with E-state index in [4.69, 9.17) is 14.2 Å². The lowest BCUT2D eigenvalue weighted by Gasteiger charge is -2.29. The van der Waals surface area contributed by atoms with Crippen LogP contribution in [0.5, 0.6) is 5.75 Å². The summed E-state index contributed by atoms with van der Waals surface area (Å²) in [5.74, 6) is -2.11. The zero-order valence-electron chi connectivity index (χ0n) is 22.4. The molecule has 0 aliphatic carbocycles. The highest BCUT2D eigenvalue weighted by Crippen LogP contribution is 2.46. The molecule has 0 radical (unpaired) electrons. The number of hydrogen-bond acceptors (Lipinski definition) is 5. The summed E-state index contributed by atoms with van der Waals surface area (Å²) in [6, 6.07) is 18.7. The highest BCUT2D eigenvalue weighted by Gasteiger charge is 2.40. The molecule has 0 aliphatic rings. The number of amides is 1. The Kier molecular flexibility index (Phi) is 9.98. The summed E-state index contributed by atoms with van der Waals surface area (Å²) in [5.41, 5.74) is 0.532. The first-order chi connectivity index (χ1) is 18.6. The van der Waals surface area contributed by atoms with Crippen molar-refractivity contribution >= 4 is 12.1 Å². The van der Waals surface area contributed by atoms with Gasteiger partial charge in [0.25, 0.3) is 0 Å². The smallest absolute Gasteiger partial charge is 0.416 e. The molecule has 0 aromatic heterocycles. The first-order valence-corrected chi connectivity index (χ1v) is 12.6. The zero-order chi connectivity index (χ0) is 28.6. The molecule has 0 N–H and O–H groups in total. The number of carbonyl (C=O) groups is 2. The SMILES string of the molecule is CCOC(=O)C(C)c1c(C(F)(F)F)cc(OC)c(-c2ccccc2)c1CN(CC)C(=O)OCc1ccccc1. The summed E-state index contributed by atoms with van der Waals surface area (Å²) < 4.78 is 59.4. The van der Waals surface area contributed by atoms with Crippen molar-refractivity contribution in [3.8, 4) is 16.9 Å². The second-order valence-electron chi connectivity index (χ2n) is 8.79. The minimum absolute atomic E-state index is 0.000284. The van der Waals surface area contributed by atoms with E-state index in [9.17, 15) is 22.8 Å². The minimum atomic E-state index is -4.81. The Morgan fingerprint density at radius 1 is 0.949 bits per heavy atom. The monoisotopic (exact) mass is 543 g/mol. The maximum absolute atomic E-state index is 14.5. The summed E-state index contributed by atoms with van der Waals surface area (Å²) in [7, 11) is 1.28. The van der Waals surface area contributed by atoms with Crippen LogP contribution in [-0.2, 0) is 33.6 Å². The van der Waals surface area contributed by atoms with E-state index in [1.807, 2.05) is 18.2 Å². The Labute approximate surface area is 226 Å². The molecular weight excluding hydrogens is 511 g/mol. The molecule has 208 valence electrons. The van der Waals surface area contributed by atoms with Gasteiger partial charge in [-0.05, 0) is 49.1 Å². The van der Waals surface area contributed by atoms with Crippen LogP contribution in [0.15, 0.2) is 66.7 Å². The maximum Gasteiger partial charge on any atom is 0.416 e. The third-order valence-electron chi connectivity index (χ3n) is 6.29. The zero-order valence-corrected chi connectivity index (χ0v) is 22.4. The van der Waals surface area contributed by atoms with Crippen LogP contribution in [0.4, 0.5) is 18.0 Å². The third-order valence-corrected chi connectivity index (χ3v) is 6.29. The Hall–Kier alpha value is -4.01. The molecule has 0 bridgehead atoms. The molecule has 39 heavy (non-hydrogen) atoms. The lowest BCUT2D eigenvalue weighted by molar-refractivity contribution is -0.145. The molecule has 1 unspecified atom stereocenters. The van der Waals surface area contributed by atoms with Gasteiger partial charge in [0, 0.05) is 12.1 Å². The second-order valence-corrected chi connectivity index (χ2v) is 8.79. The van der Waals surface area contributed by atoms with Gasteiger partial charge < -0.3 is 19.1 Å². The largest absolute Gasteiger partial charge is 0.496 e. The van der Waals surface area contributed by atoms with E-state index < -0.39 is 29.7 Å². The first kappa shape index (κ1) is 29.5. The van der Waals surface area contributed by atoms with Gasteiger partial charge in [-0.15, -0.1) is 0 Å². The van der Waals surface area contributed by atoms with Gasteiger partial charge in [0.2, 0.25) is 0 Å². The van der Waals surface area contributed by atoms with Crippen molar-refractivity contribution in [2.45, 2.75) is 46.0 Å². The van der Waals surface area contributed by atoms with Crippen molar-refractivity contribution in [3.63, 3.8) is 0 Å². The molecule has 0 saturated heterocycles. The predicted octanol–water partition coefficient (Wildman–Crippen LogP) is 7.21. The Morgan fingerprint density at radius 3 is 2.10 bits per heavy atom. The van der Waals surface area contributed by atoms with Crippen LogP contribution in [-0.4, -0.2) is 37.2 Å². The fourth-order valence-electron chi connectivity index (χ4n) is 4.39. The Morgan fingerprint density at radius 2 is 1.56 bits per heavy atom. The molecule has 6 nitrogen and oxygen atoms in total. The summed E-state index contributed by atoms with van der Waals surface area (Å²) in [6.45, 7) is 4.55. The summed E-state index contributed by atoms with van der Waals surface area (Å²) in [6.07, 6.45) is -5.51. The van der Waals surface area contributed by atoms with Crippen molar-refractivity contribution < 1.29 is 37.0 Å². The number of alkyl halides is 3. The molecular formula is C30H32F3NO5. The molecule has 0 spiro atoms. The number of benzene rings is 3. The molecule has 1 amide bonds. The van der Waals surface area contributed by atoms with E-state index in [2.05, 4.69) is 0 Å². The molecule has 3 rings (SSSR count). The van der Waals surface area contributed by atoms with Crippen LogP contribution >= 0.6 is 0 Å². The lowest BCUT2D eigenvalue weighted by atomic mass is 9.84. The normalized spacial score (nSPS) is 12.0. The van der Waals surface area contributed by atoms with Crippen molar-refractivity contribution in [3.05, 3.63) is 89.0 Å². The maximum atomic E-state index is 14.5. The van der Waals surface area contributed by atoms with E-state index in [1.165, 1.54) is 18.9 Å². The van der Waals surface area contributed by atoms with Crippen LogP contribution in [0.3, 0.4) is 0 Å². The summed E-state index contributed by atoms with van der Waals surface area (Å²) in [5, 5.41) is 0. The van der Waals surface area contributed by atoms with Crippen molar-refractivity contribution in [1.82, 2.24) is 4.90 Å². The van der Waals surface area contributed by atoms with Crippen molar-refractivity contribution in [2.75, 3.05) is 20.3 Å². The lowest BCUT2D eigenvalue weighted by Crippen LogP contribution is -2.32. The molecule has 0 fully saturated rings. The number of halogens is 3. The Balaban J connectivity index is 2.21. The number of methoxy groups -OCH3 is 1. The van der Waals surface area contributed by atoms with E-state index in [0.29, 0.717) is 11.1 Å². The summed E-state index contributed by atoms with van der Waals surface area (Å²) in [4.78, 5) is 27.2. The number of rotatable bonds is 10. The van der Waals surface area contributed by atoms with Gasteiger partial charge in [0.1, 0.15) is 12.4 Å². The average Bonchev–Trinajstić information content (AvgIpc) is 2.94. The van der Waals surface area contributed by atoms with Gasteiger partial charge in [-0.2, -0.15) is 13.2 Å². The van der Waals surface area contributed by atoms with Crippen LogP contribution in [0.1, 0.15) is 48.9 Å². The second kappa shape index (κ2) is 13.2. The van der Waals surface area contributed by atoms with Crippen LogP contribution in [0, 0.1) is 0 Å². The summed E-state index contributed by atoms with van der Waals surface area (Å²) >= 11 is 0. The van der Waals surface area contributed by atoms with Gasteiger partial charge >= 0.3 is 18.2 Å². The van der Waals surface area contributed by atoms with Gasteiger partial charge in [0.05, 0.1) is 31.7 Å². The van der Waals surface area contributed by atoms with Gasteiger partial charge in [0.15, 0.2) is 0 Å². The van der Waals surface area contributed by atoms with E-state index >= 15 is 0 Å². The highest BCUT2D eigenvalue weighted by atomic mass is 19.4. The topological polar surface area (TPSA) is 65.1 Å². The Bertz CT molecular complexity index is 1260. The predicted molar refractivity (Wildman–Crippen MR) is 141 cm³/mol. The molecule has 1 atom stereocenters. The average molecular weight is 544 g/mol. The standard InChI is InChI=1S/C30H32F3NO5/c1-5-34(29(36)39-19-21-13-9-7-10-14-21)18-23-26(20(3)28(35)38-6-2)24(30(31,32)33)17-25(37-4)27(23)22-15-11-8-12-16-22/h7-17,20H,5-6,18-19H2,1-4H3. The van der Waals surface area contributed by atoms with Crippen molar-refractivity contribution in [2.24, 2.45) is 0 Å². The van der Waals surface area contributed by atoms with Gasteiger partial charge in [-0.1, -0.05) is 60.7 Å². The number of hydrogen-bond donors (Lipinski definition) is 0. The van der Waals surface area contributed by atoms with Crippen LogP contribution in [0.25, 0.3) is 11.1 Å². The fraction of sp³-hybridized carbons (Fsp3) is 0.333. The third kappa shape index (κ3) is 7.10. The quantitative estimate of drug-likeness (QED) is 0.253. The molecule has 0 aliphatic heterocycles. The minimum Gasteiger partial charge on any atom is -0.496 e. The van der Waals surface area contributed by atoms with E-state index in [-0.39, 0.29) is 43.2 Å².